The average Bonchev–Trinajstić information content (AvgIpc) is 2.86. The van der Waals surface area contributed by atoms with Gasteiger partial charge in [0.25, 0.3) is 0 Å². The smallest absolute Gasteiger partial charge is 0.202 e. The van der Waals surface area contributed by atoms with E-state index < -0.39 is 0 Å². The Morgan fingerprint density at radius 2 is 2.11 bits per heavy atom. The van der Waals surface area contributed by atoms with E-state index in [2.05, 4.69) is 9.97 Å². The summed E-state index contributed by atoms with van der Waals surface area (Å²) in [5, 5.41) is 0. The SMILES string of the molecule is CCOCc1c[nH]c(C(=O)Cc2ccccc2)n1. The summed E-state index contributed by atoms with van der Waals surface area (Å²) in [5.74, 6) is 0.387. The topological polar surface area (TPSA) is 55.0 Å². The fourth-order valence-corrected chi connectivity index (χ4v) is 1.65. The van der Waals surface area contributed by atoms with E-state index in [0.717, 1.165) is 11.3 Å². The summed E-state index contributed by atoms with van der Waals surface area (Å²) in [7, 11) is 0. The van der Waals surface area contributed by atoms with Crippen molar-refractivity contribution in [3.05, 3.63) is 53.6 Å². The number of aromatic nitrogens is 2. The highest BCUT2D eigenvalue weighted by Crippen LogP contribution is 2.06. The van der Waals surface area contributed by atoms with Gasteiger partial charge >= 0.3 is 0 Å². The molecule has 94 valence electrons. The lowest BCUT2D eigenvalue weighted by molar-refractivity contribution is 0.0983. The van der Waals surface area contributed by atoms with Crippen LogP contribution in [0, 0.1) is 0 Å². The lowest BCUT2D eigenvalue weighted by Gasteiger charge is -1.98. The molecule has 2 aromatic rings. The molecule has 0 aliphatic rings. The highest BCUT2D eigenvalue weighted by atomic mass is 16.5. The summed E-state index contributed by atoms with van der Waals surface area (Å²) in [5.41, 5.74) is 1.75. The van der Waals surface area contributed by atoms with Gasteiger partial charge in [-0.1, -0.05) is 30.3 Å². The number of ether oxygens (including phenoxy) is 1. The van der Waals surface area contributed by atoms with Crippen LogP contribution < -0.4 is 0 Å². The average molecular weight is 244 g/mol. The van der Waals surface area contributed by atoms with E-state index in [1.807, 2.05) is 37.3 Å². The van der Waals surface area contributed by atoms with Crippen molar-refractivity contribution in [2.75, 3.05) is 6.61 Å². The molecule has 2 rings (SSSR count). The van der Waals surface area contributed by atoms with E-state index in [1.165, 1.54) is 0 Å². The van der Waals surface area contributed by atoms with Gasteiger partial charge in [0.05, 0.1) is 12.3 Å². The van der Waals surface area contributed by atoms with E-state index in [0.29, 0.717) is 25.5 Å². The molecule has 18 heavy (non-hydrogen) atoms. The van der Waals surface area contributed by atoms with Crippen molar-refractivity contribution < 1.29 is 9.53 Å². The molecule has 0 saturated carbocycles. The predicted molar refractivity (Wildman–Crippen MR) is 68.4 cm³/mol. The number of benzene rings is 1. The fraction of sp³-hybridized carbons (Fsp3) is 0.286. The summed E-state index contributed by atoms with van der Waals surface area (Å²) >= 11 is 0. The molecule has 0 fully saturated rings. The third-order valence-electron chi connectivity index (χ3n) is 2.56. The molecule has 1 aromatic heterocycles. The number of nitrogens with one attached hydrogen (secondary N) is 1. The Balaban J connectivity index is 1.99. The number of H-pyrrole nitrogens is 1. The molecule has 0 saturated heterocycles. The predicted octanol–water partition coefficient (Wildman–Crippen LogP) is 2.37. The van der Waals surface area contributed by atoms with Crippen molar-refractivity contribution in [2.45, 2.75) is 20.0 Å². The molecule has 1 aromatic carbocycles. The monoisotopic (exact) mass is 244 g/mol. The van der Waals surface area contributed by atoms with E-state index in [1.54, 1.807) is 6.20 Å². The molecule has 0 spiro atoms. The lowest BCUT2D eigenvalue weighted by Crippen LogP contribution is -2.06. The number of Topliss-reactive ketones (excluding diaryl/α,β-unsaturated/α-hetero) is 1. The number of aromatic amines is 1. The molecule has 4 heteroatoms. The first-order valence-electron chi connectivity index (χ1n) is 5.98. The summed E-state index contributed by atoms with van der Waals surface area (Å²) in [4.78, 5) is 19.1. The Labute approximate surface area is 106 Å². The van der Waals surface area contributed by atoms with Crippen LogP contribution in [0.2, 0.25) is 0 Å². The van der Waals surface area contributed by atoms with Gasteiger partial charge in [-0.3, -0.25) is 4.79 Å². The third-order valence-corrected chi connectivity index (χ3v) is 2.56. The number of imidazole rings is 1. The quantitative estimate of drug-likeness (QED) is 0.794. The third kappa shape index (κ3) is 3.28. The maximum absolute atomic E-state index is 12.0. The second-order valence-corrected chi connectivity index (χ2v) is 3.96. The van der Waals surface area contributed by atoms with E-state index in [-0.39, 0.29) is 5.78 Å². The summed E-state index contributed by atoms with van der Waals surface area (Å²) in [6.45, 7) is 3.00. The minimum Gasteiger partial charge on any atom is -0.375 e. The summed E-state index contributed by atoms with van der Waals surface area (Å²) in [6.07, 6.45) is 2.08. The van der Waals surface area contributed by atoms with Gasteiger partial charge in [0, 0.05) is 19.2 Å². The molecule has 1 N–H and O–H groups in total. The van der Waals surface area contributed by atoms with Crippen molar-refractivity contribution in [2.24, 2.45) is 0 Å². The van der Waals surface area contributed by atoms with Crippen molar-refractivity contribution >= 4 is 5.78 Å². The first kappa shape index (κ1) is 12.5. The minimum atomic E-state index is -0.0102. The molecule has 0 unspecified atom stereocenters. The van der Waals surface area contributed by atoms with Gasteiger partial charge in [-0.2, -0.15) is 0 Å². The van der Waals surface area contributed by atoms with Crippen molar-refractivity contribution in [3.8, 4) is 0 Å². The van der Waals surface area contributed by atoms with Crippen LogP contribution in [0.25, 0.3) is 0 Å². The Morgan fingerprint density at radius 1 is 1.33 bits per heavy atom. The van der Waals surface area contributed by atoms with Gasteiger partial charge in [-0.05, 0) is 12.5 Å². The van der Waals surface area contributed by atoms with Crippen molar-refractivity contribution in [3.63, 3.8) is 0 Å². The number of hydrogen-bond donors (Lipinski definition) is 1. The van der Waals surface area contributed by atoms with Gasteiger partial charge < -0.3 is 9.72 Å². The number of ketones is 1. The van der Waals surface area contributed by atoms with Crippen molar-refractivity contribution in [1.82, 2.24) is 9.97 Å². The number of carbonyl (C=O) groups excluding carboxylic acids is 1. The van der Waals surface area contributed by atoms with Gasteiger partial charge in [0.15, 0.2) is 5.82 Å². The standard InChI is InChI=1S/C14H16N2O2/c1-2-18-10-12-9-15-14(16-12)13(17)8-11-6-4-3-5-7-11/h3-7,9H,2,8,10H2,1H3,(H,15,16). The number of nitrogens with zero attached hydrogens (tertiary/aromatic N) is 1. The van der Waals surface area contributed by atoms with Crippen LogP contribution in [0.5, 0.6) is 0 Å². The highest BCUT2D eigenvalue weighted by Gasteiger charge is 2.11. The maximum Gasteiger partial charge on any atom is 0.202 e. The second-order valence-electron chi connectivity index (χ2n) is 3.96. The Morgan fingerprint density at radius 3 is 2.83 bits per heavy atom. The zero-order valence-electron chi connectivity index (χ0n) is 10.3. The zero-order chi connectivity index (χ0) is 12.8. The Kier molecular flexibility index (Phi) is 4.25. The molecule has 0 radical (unpaired) electrons. The number of carbonyl (C=O) groups is 1. The highest BCUT2D eigenvalue weighted by molar-refractivity contribution is 5.94. The lowest BCUT2D eigenvalue weighted by atomic mass is 10.1. The van der Waals surface area contributed by atoms with Crippen LogP contribution in [0.15, 0.2) is 36.5 Å². The number of rotatable bonds is 6. The number of hydrogen-bond acceptors (Lipinski definition) is 3. The second kappa shape index (κ2) is 6.12. The zero-order valence-corrected chi connectivity index (χ0v) is 10.3. The van der Waals surface area contributed by atoms with E-state index in [4.69, 9.17) is 4.74 Å². The first-order chi connectivity index (χ1) is 8.79. The fourth-order valence-electron chi connectivity index (χ4n) is 1.65. The molecule has 0 amide bonds. The first-order valence-corrected chi connectivity index (χ1v) is 5.98. The van der Waals surface area contributed by atoms with Gasteiger partial charge in [-0.15, -0.1) is 0 Å². The Hall–Kier alpha value is -1.94. The van der Waals surface area contributed by atoms with Gasteiger partial charge in [-0.25, -0.2) is 4.98 Å². The van der Waals surface area contributed by atoms with Crippen LogP contribution in [-0.4, -0.2) is 22.4 Å². The van der Waals surface area contributed by atoms with E-state index >= 15 is 0 Å². The van der Waals surface area contributed by atoms with Gasteiger partial charge in [0.2, 0.25) is 5.78 Å². The molecular formula is C14H16N2O2. The largest absolute Gasteiger partial charge is 0.375 e. The molecule has 0 bridgehead atoms. The molecule has 0 aliphatic carbocycles. The molecule has 0 atom stereocenters. The van der Waals surface area contributed by atoms with E-state index in [9.17, 15) is 4.79 Å². The van der Waals surface area contributed by atoms with Crippen LogP contribution in [-0.2, 0) is 17.8 Å². The van der Waals surface area contributed by atoms with Gasteiger partial charge in [0.1, 0.15) is 0 Å². The summed E-state index contributed by atoms with van der Waals surface area (Å²) < 4.78 is 5.24. The van der Waals surface area contributed by atoms with Crippen molar-refractivity contribution in [1.29, 1.82) is 0 Å². The normalized spacial score (nSPS) is 10.5. The molecule has 4 nitrogen and oxygen atoms in total. The van der Waals surface area contributed by atoms with Crippen LogP contribution in [0.3, 0.4) is 0 Å². The summed E-state index contributed by atoms with van der Waals surface area (Å²) in [6, 6.07) is 9.64. The minimum absolute atomic E-state index is 0.0102. The molecule has 0 aliphatic heterocycles. The van der Waals surface area contributed by atoms with Crippen LogP contribution >= 0.6 is 0 Å². The van der Waals surface area contributed by atoms with Crippen LogP contribution in [0.1, 0.15) is 28.8 Å². The molecular weight excluding hydrogens is 228 g/mol. The molecule has 1 heterocycles. The maximum atomic E-state index is 12.0. The van der Waals surface area contributed by atoms with Crippen LogP contribution in [0.4, 0.5) is 0 Å². The Bertz CT molecular complexity index is 506.